The van der Waals surface area contributed by atoms with Crippen molar-refractivity contribution in [3.8, 4) is 5.75 Å². The molecule has 0 spiro atoms. The molecule has 0 fully saturated rings. The molecule has 2 aromatic rings. The zero-order chi connectivity index (χ0) is 16.2. The van der Waals surface area contributed by atoms with Crippen molar-refractivity contribution in [3.05, 3.63) is 70.8 Å². The quantitative estimate of drug-likeness (QED) is 0.696. The third kappa shape index (κ3) is 3.48. The molecule has 1 atom stereocenters. The number of carbonyl (C=O) groups excluding carboxylic acids is 1. The van der Waals surface area contributed by atoms with Gasteiger partial charge in [0.25, 0.3) is 5.91 Å². The lowest BCUT2D eigenvalue weighted by molar-refractivity contribution is 0.0955. The maximum atomic E-state index is 12.0. The average Bonchev–Trinajstić information content (AvgIpc) is 2.56. The molecule has 1 aliphatic rings. The first-order valence-corrected chi connectivity index (χ1v) is 7.51. The topological polar surface area (TPSA) is 50.7 Å². The summed E-state index contributed by atoms with van der Waals surface area (Å²) >= 11 is 0. The SMILES string of the molecule is Cc1ccc(C(=O)N/N=C/C2=Cc3ccccc3OC2C)cc1. The summed E-state index contributed by atoms with van der Waals surface area (Å²) < 4.78 is 5.83. The van der Waals surface area contributed by atoms with Gasteiger partial charge in [-0.2, -0.15) is 5.10 Å². The Morgan fingerprint density at radius 3 is 2.70 bits per heavy atom. The van der Waals surface area contributed by atoms with Gasteiger partial charge in [0.2, 0.25) is 0 Å². The van der Waals surface area contributed by atoms with Crippen molar-refractivity contribution in [1.29, 1.82) is 0 Å². The van der Waals surface area contributed by atoms with Crippen molar-refractivity contribution in [2.24, 2.45) is 5.10 Å². The zero-order valence-electron chi connectivity index (χ0n) is 13.1. The van der Waals surface area contributed by atoms with Gasteiger partial charge in [-0.15, -0.1) is 0 Å². The molecule has 2 aromatic carbocycles. The molecular formula is C19H18N2O2. The van der Waals surface area contributed by atoms with E-state index in [1.165, 1.54) is 0 Å². The summed E-state index contributed by atoms with van der Waals surface area (Å²) in [6.45, 7) is 3.93. The molecule has 0 aromatic heterocycles. The van der Waals surface area contributed by atoms with Crippen molar-refractivity contribution in [3.63, 3.8) is 0 Å². The number of aryl methyl sites for hydroxylation is 1. The fraction of sp³-hybridized carbons (Fsp3) is 0.158. The Balaban J connectivity index is 1.69. The van der Waals surface area contributed by atoms with Gasteiger partial charge in [-0.05, 0) is 38.1 Å². The Bertz CT molecular complexity index is 776. The Morgan fingerprint density at radius 2 is 1.91 bits per heavy atom. The number of fused-ring (bicyclic) bond motifs is 1. The zero-order valence-corrected chi connectivity index (χ0v) is 13.1. The molecule has 1 unspecified atom stereocenters. The van der Waals surface area contributed by atoms with Gasteiger partial charge in [0.15, 0.2) is 0 Å². The van der Waals surface area contributed by atoms with Crippen molar-refractivity contribution in [2.45, 2.75) is 20.0 Å². The number of hydrogen-bond acceptors (Lipinski definition) is 3. The molecule has 4 nitrogen and oxygen atoms in total. The molecule has 1 amide bonds. The number of rotatable bonds is 3. The number of nitrogens with zero attached hydrogens (tertiary/aromatic N) is 1. The van der Waals surface area contributed by atoms with Gasteiger partial charge in [0.1, 0.15) is 11.9 Å². The molecule has 0 aliphatic carbocycles. The maximum Gasteiger partial charge on any atom is 0.271 e. The van der Waals surface area contributed by atoms with Crippen molar-refractivity contribution in [1.82, 2.24) is 5.43 Å². The van der Waals surface area contributed by atoms with Gasteiger partial charge in [-0.1, -0.05) is 35.9 Å². The van der Waals surface area contributed by atoms with Gasteiger partial charge in [0, 0.05) is 16.7 Å². The molecule has 0 radical (unpaired) electrons. The first kappa shape index (κ1) is 15.0. The molecule has 1 aliphatic heterocycles. The maximum absolute atomic E-state index is 12.0. The Hall–Kier alpha value is -2.88. The van der Waals surface area contributed by atoms with Crippen LogP contribution in [0.1, 0.15) is 28.4 Å². The van der Waals surface area contributed by atoms with E-state index in [2.05, 4.69) is 10.5 Å². The molecule has 3 rings (SSSR count). The molecule has 1 heterocycles. The van der Waals surface area contributed by atoms with Crippen molar-refractivity contribution >= 4 is 18.2 Å². The summed E-state index contributed by atoms with van der Waals surface area (Å²) in [6.07, 6.45) is 3.54. The Labute approximate surface area is 135 Å². The van der Waals surface area contributed by atoms with Crippen LogP contribution in [-0.4, -0.2) is 18.2 Å². The number of hydrogen-bond donors (Lipinski definition) is 1. The fourth-order valence-corrected chi connectivity index (χ4v) is 2.34. The van der Waals surface area contributed by atoms with Crippen molar-refractivity contribution in [2.75, 3.05) is 0 Å². The molecule has 0 saturated carbocycles. The van der Waals surface area contributed by atoms with Crippen LogP contribution in [0.5, 0.6) is 5.75 Å². The van der Waals surface area contributed by atoms with Crippen LogP contribution >= 0.6 is 0 Å². The van der Waals surface area contributed by atoms with Crippen LogP contribution in [0.3, 0.4) is 0 Å². The summed E-state index contributed by atoms with van der Waals surface area (Å²) in [5.41, 5.74) is 6.16. The normalized spacial score (nSPS) is 16.4. The lowest BCUT2D eigenvalue weighted by Gasteiger charge is -2.22. The third-order valence-electron chi connectivity index (χ3n) is 3.71. The first-order valence-electron chi connectivity index (χ1n) is 7.51. The van der Waals surface area contributed by atoms with Crippen LogP contribution in [0.15, 0.2) is 59.2 Å². The Kier molecular flexibility index (Phi) is 4.24. The molecule has 0 bridgehead atoms. The van der Waals surface area contributed by atoms with Gasteiger partial charge in [0.05, 0.1) is 6.21 Å². The molecule has 0 saturated heterocycles. The molecular weight excluding hydrogens is 288 g/mol. The highest BCUT2D eigenvalue weighted by Crippen LogP contribution is 2.28. The van der Waals surface area contributed by atoms with Gasteiger partial charge in [-0.3, -0.25) is 4.79 Å². The minimum absolute atomic E-state index is 0.107. The fourth-order valence-electron chi connectivity index (χ4n) is 2.34. The van der Waals surface area contributed by atoms with E-state index in [9.17, 15) is 4.79 Å². The molecule has 116 valence electrons. The molecule has 23 heavy (non-hydrogen) atoms. The average molecular weight is 306 g/mol. The number of ether oxygens (including phenoxy) is 1. The van der Waals surface area contributed by atoms with E-state index in [0.717, 1.165) is 22.4 Å². The highest BCUT2D eigenvalue weighted by Gasteiger charge is 2.16. The largest absolute Gasteiger partial charge is 0.485 e. The summed E-state index contributed by atoms with van der Waals surface area (Å²) in [7, 11) is 0. The summed E-state index contributed by atoms with van der Waals surface area (Å²) in [4.78, 5) is 12.0. The number of benzene rings is 2. The second kappa shape index (κ2) is 6.48. The van der Waals surface area contributed by atoms with Gasteiger partial charge in [-0.25, -0.2) is 5.43 Å². The molecule has 1 N–H and O–H groups in total. The smallest absolute Gasteiger partial charge is 0.271 e. The van der Waals surface area contributed by atoms with Crippen molar-refractivity contribution < 1.29 is 9.53 Å². The Morgan fingerprint density at radius 1 is 1.17 bits per heavy atom. The summed E-state index contributed by atoms with van der Waals surface area (Å²) in [5.74, 6) is 0.632. The van der Waals surface area contributed by atoms with Crippen LogP contribution in [-0.2, 0) is 0 Å². The number of para-hydroxylation sites is 1. The van der Waals surface area contributed by atoms with Crippen LogP contribution in [0.25, 0.3) is 6.08 Å². The van der Waals surface area contributed by atoms with Crippen LogP contribution in [0, 0.1) is 6.92 Å². The van der Waals surface area contributed by atoms with E-state index in [4.69, 9.17) is 4.74 Å². The monoisotopic (exact) mass is 306 g/mol. The first-order chi connectivity index (χ1) is 11.1. The predicted octanol–water partition coefficient (Wildman–Crippen LogP) is 3.58. The number of nitrogens with one attached hydrogen (secondary N) is 1. The van der Waals surface area contributed by atoms with E-state index in [0.29, 0.717) is 5.56 Å². The predicted molar refractivity (Wildman–Crippen MR) is 91.6 cm³/mol. The van der Waals surface area contributed by atoms with E-state index >= 15 is 0 Å². The molecule has 4 heteroatoms. The van der Waals surface area contributed by atoms with Crippen LogP contribution in [0.2, 0.25) is 0 Å². The standard InChI is InChI=1S/C19H18N2O2/c1-13-7-9-15(10-8-13)19(22)21-20-12-17-11-16-5-3-4-6-18(16)23-14(17)2/h3-12,14H,1-2H3,(H,21,22)/b20-12+. The third-order valence-corrected chi connectivity index (χ3v) is 3.71. The number of carbonyl (C=O) groups is 1. The van der Waals surface area contributed by atoms with Gasteiger partial charge >= 0.3 is 0 Å². The highest BCUT2D eigenvalue weighted by molar-refractivity contribution is 5.95. The number of amides is 1. The van der Waals surface area contributed by atoms with E-state index in [1.54, 1.807) is 18.3 Å². The van der Waals surface area contributed by atoms with E-state index < -0.39 is 0 Å². The van der Waals surface area contributed by atoms with E-state index in [1.807, 2.05) is 56.3 Å². The number of hydrazone groups is 1. The van der Waals surface area contributed by atoms with Crippen LogP contribution in [0.4, 0.5) is 0 Å². The van der Waals surface area contributed by atoms with Gasteiger partial charge < -0.3 is 4.74 Å². The lowest BCUT2D eigenvalue weighted by atomic mass is 10.0. The summed E-state index contributed by atoms with van der Waals surface area (Å²) in [5, 5.41) is 4.04. The van der Waals surface area contributed by atoms with Crippen LogP contribution < -0.4 is 10.2 Å². The lowest BCUT2D eigenvalue weighted by Crippen LogP contribution is -2.22. The van der Waals surface area contributed by atoms with E-state index in [-0.39, 0.29) is 12.0 Å². The second-order valence-electron chi connectivity index (χ2n) is 5.51. The minimum Gasteiger partial charge on any atom is -0.485 e. The minimum atomic E-state index is -0.230. The second-order valence-corrected chi connectivity index (χ2v) is 5.51. The summed E-state index contributed by atoms with van der Waals surface area (Å²) in [6, 6.07) is 15.2. The highest BCUT2D eigenvalue weighted by atomic mass is 16.5.